The number of carbonyl (C=O) groups excluding carboxylic acids is 1. The van der Waals surface area contributed by atoms with Gasteiger partial charge in [-0.2, -0.15) is 0 Å². The predicted octanol–water partition coefficient (Wildman–Crippen LogP) is 3.36. The first kappa shape index (κ1) is 11.8. The summed E-state index contributed by atoms with van der Waals surface area (Å²) in [6.45, 7) is 4.80. The van der Waals surface area contributed by atoms with Crippen LogP contribution in [0.2, 0.25) is 0 Å². The van der Waals surface area contributed by atoms with Gasteiger partial charge in [-0.25, -0.2) is 8.78 Å². The molecule has 82 valence electrons. The Hall–Kier alpha value is -1.25. The monoisotopic (exact) mass is 212 g/mol. The third-order valence-electron chi connectivity index (χ3n) is 2.58. The summed E-state index contributed by atoms with van der Waals surface area (Å²) in [5.74, 6) is -1.65. The second-order valence-corrected chi connectivity index (χ2v) is 3.66. The zero-order chi connectivity index (χ0) is 11.6. The van der Waals surface area contributed by atoms with Crippen molar-refractivity contribution < 1.29 is 13.6 Å². The SMILES string of the molecule is CCC(=O)C(C)c1cc(F)c(C)cc1F. The lowest BCUT2D eigenvalue weighted by molar-refractivity contribution is -0.119. The van der Waals surface area contributed by atoms with Gasteiger partial charge in [0.1, 0.15) is 17.4 Å². The summed E-state index contributed by atoms with van der Waals surface area (Å²) in [4.78, 5) is 11.4. The van der Waals surface area contributed by atoms with Crippen LogP contribution in [0, 0.1) is 18.6 Å². The summed E-state index contributed by atoms with van der Waals surface area (Å²) in [7, 11) is 0. The highest BCUT2D eigenvalue weighted by atomic mass is 19.1. The van der Waals surface area contributed by atoms with Crippen LogP contribution in [-0.4, -0.2) is 5.78 Å². The van der Waals surface area contributed by atoms with E-state index in [9.17, 15) is 13.6 Å². The molecule has 0 bridgehead atoms. The van der Waals surface area contributed by atoms with Crippen LogP contribution >= 0.6 is 0 Å². The molecule has 0 amide bonds. The lowest BCUT2D eigenvalue weighted by Gasteiger charge is -2.11. The molecule has 0 fully saturated rings. The minimum Gasteiger partial charge on any atom is -0.299 e. The van der Waals surface area contributed by atoms with Crippen LogP contribution in [0.5, 0.6) is 0 Å². The summed E-state index contributed by atoms with van der Waals surface area (Å²) >= 11 is 0. The zero-order valence-electron chi connectivity index (χ0n) is 9.10. The topological polar surface area (TPSA) is 17.1 Å². The molecule has 1 aromatic rings. The number of halogens is 2. The second kappa shape index (κ2) is 4.51. The van der Waals surface area contributed by atoms with Gasteiger partial charge in [0.25, 0.3) is 0 Å². The lowest BCUT2D eigenvalue weighted by Crippen LogP contribution is -2.10. The van der Waals surface area contributed by atoms with Crippen molar-refractivity contribution in [2.24, 2.45) is 0 Å². The fourth-order valence-corrected chi connectivity index (χ4v) is 1.47. The Balaban J connectivity index is 3.14. The van der Waals surface area contributed by atoms with Gasteiger partial charge in [0.05, 0.1) is 0 Å². The van der Waals surface area contributed by atoms with Crippen molar-refractivity contribution in [1.82, 2.24) is 0 Å². The number of aryl methyl sites for hydroxylation is 1. The molecular weight excluding hydrogens is 198 g/mol. The first-order chi connectivity index (χ1) is 6.97. The van der Waals surface area contributed by atoms with Gasteiger partial charge in [0, 0.05) is 17.9 Å². The third-order valence-corrected chi connectivity index (χ3v) is 2.58. The van der Waals surface area contributed by atoms with Crippen LogP contribution in [0.1, 0.15) is 37.3 Å². The maximum absolute atomic E-state index is 13.5. The number of hydrogen-bond donors (Lipinski definition) is 0. The number of carbonyl (C=O) groups is 1. The van der Waals surface area contributed by atoms with Crippen molar-refractivity contribution in [3.05, 3.63) is 34.9 Å². The Morgan fingerprint density at radius 1 is 1.33 bits per heavy atom. The molecule has 1 rings (SSSR count). The van der Waals surface area contributed by atoms with Gasteiger partial charge >= 0.3 is 0 Å². The Bertz CT molecular complexity index is 385. The van der Waals surface area contributed by atoms with E-state index in [1.807, 2.05) is 0 Å². The molecule has 1 atom stereocenters. The molecule has 1 aromatic carbocycles. The van der Waals surface area contributed by atoms with Gasteiger partial charge in [-0.15, -0.1) is 0 Å². The Morgan fingerprint density at radius 3 is 2.47 bits per heavy atom. The highest BCUT2D eigenvalue weighted by molar-refractivity contribution is 5.85. The van der Waals surface area contributed by atoms with Crippen molar-refractivity contribution in [1.29, 1.82) is 0 Å². The summed E-state index contributed by atoms with van der Waals surface area (Å²) < 4.78 is 26.7. The van der Waals surface area contributed by atoms with E-state index in [4.69, 9.17) is 0 Å². The smallest absolute Gasteiger partial charge is 0.139 e. The Kier molecular flexibility index (Phi) is 3.56. The van der Waals surface area contributed by atoms with Crippen molar-refractivity contribution in [2.75, 3.05) is 0 Å². The van der Waals surface area contributed by atoms with E-state index >= 15 is 0 Å². The number of Topliss-reactive ketones (excluding diaryl/α,β-unsaturated/α-hetero) is 1. The van der Waals surface area contributed by atoms with E-state index in [1.165, 1.54) is 6.92 Å². The molecule has 0 aliphatic heterocycles. The quantitative estimate of drug-likeness (QED) is 0.750. The van der Waals surface area contributed by atoms with E-state index in [-0.39, 0.29) is 16.9 Å². The summed E-state index contributed by atoms with van der Waals surface area (Å²) in [5.41, 5.74) is 0.400. The zero-order valence-corrected chi connectivity index (χ0v) is 9.10. The molecule has 15 heavy (non-hydrogen) atoms. The van der Waals surface area contributed by atoms with Crippen LogP contribution in [0.3, 0.4) is 0 Å². The lowest BCUT2D eigenvalue weighted by atomic mass is 9.94. The molecule has 1 nitrogen and oxygen atoms in total. The van der Waals surface area contributed by atoms with E-state index in [0.29, 0.717) is 6.42 Å². The second-order valence-electron chi connectivity index (χ2n) is 3.66. The molecule has 0 heterocycles. The van der Waals surface area contributed by atoms with Crippen LogP contribution in [0.15, 0.2) is 12.1 Å². The highest BCUT2D eigenvalue weighted by Gasteiger charge is 2.18. The maximum atomic E-state index is 13.5. The van der Waals surface area contributed by atoms with Crippen LogP contribution in [0.4, 0.5) is 8.78 Å². The average molecular weight is 212 g/mol. The normalized spacial score (nSPS) is 12.6. The predicted molar refractivity (Wildman–Crippen MR) is 54.8 cm³/mol. The van der Waals surface area contributed by atoms with Gasteiger partial charge < -0.3 is 0 Å². The first-order valence-electron chi connectivity index (χ1n) is 4.95. The van der Waals surface area contributed by atoms with Crippen molar-refractivity contribution >= 4 is 5.78 Å². The van der Waals surface area contributed by atoms with Crippen molar-refractivity contribution in [3.63, 3.8) is 0 Å². The number of rotatable bonds is 3. The van der Waals surface area contributed by atoms with E-state index < -0.39 is 17.6 Å². The molecule has 0 aliphatic carbocycles. The van der Waals surface area contributed by atoms with E-state index in [1.54, 1.807) is 13.8 Å². The Labute approximate surface area is 88.1 Å². The molecule has 0 saturated carbocycles. The molecule has 0 spiro atoms. The molecule has 0 radical (unpaired) electrons. The summed E-state index contributed by atoms with van der Waals surface area (Å²) in [6.07, 6.45) is 0.329. The molecule has 3 heteroatoms. The highest BCUT2D eigenvalue weighted by Crippen LogP contribution is 2.23. The summed E-state index contributed by atoms with van der Waals surface area (Å²) in [6, 6.07) is 2.24. The van der Waals surface area contributed by atoms with Gasteiger partial charge in [-0.1, -0.05) is 13.8 Å². The number of hydrogen-bond acceptors (Lipinski definition) is 1. The fourth-order valence-electron chi connectivity index (χ4n) is 1.47. The fraction of sp³-hybridized carbons (Fsp3) is 0.417. The Morgan fingerprint density at radius 2 is 1.93 bits per heavy atom. The molecule has 0 saturated heterocycles. The minimum atomic E-state index is -0.579. The van der Waals surface area contributed by atoms with Gasteiger partial charge in [0.15, 0.2) is 0 Å². The minimum absolute atomic E-state index is 0.0860. The van der Waals surface area contributed by atoms with E-state index in [2.05, 4.69) is 0 Å². The average Bonchev–Trinajstić information content (AvgIpc) is 2.21. The largest absolute Gasteiger partial charge is 0.299 e. The molecule has 0 aliphatic rings. The number of benzene rings is 1. The first-order valence-corrected chi connectivity index (χ1v) is 4.95. The van der Waals surface area contributed by atoms with Gasteiger partial charge in [-0.3, -0.25) is 4.79 Å². The molecule has 0 aromatic heterocycles. The van der Waals surface area contributed by atoms with Crippen molar-refractivity contribution in [3.8, 4) is 0 Å². The standard InChI is InChI=1S/C12H14F2O/c1-4-12(15)8(3)9-6-10(13)7(2)5-11(9)14/h5-6,8H,4H2,1-3H3. The van der Waals surface area contributed by atoms with Gasteiger partial charge in [-0.05, 0) is 24.6 Å². The summed E-state index contributed by atoms with van der Waals surface area (Å²) in [5, 5.41) is 0. The molecule has 0 N–H and O–H groups in total. The van der Waals surface area contributed by atoms with Gasteiger partial charge in [0.2, 0.25) is 0 Å². The van der Waals surface area contributed by atoms with Crippen LogP contribution in [0.25, 0.3) is 0 Å². The number of ketones is 1. The van der Waals surface area contributed by atoms with Crippen LogP contribution < -0.4 is 0 Å². The van der Waals surface area contributed by atoms with Crippen LogP contribution in [-0.2, 0) is 4.79 Å². The maximum Gasteiger partial charge on any atom is 0.139 e. The van der Waals surface area contributed by atoms with Crippen molar-refractivity contribution in [2.45, 2.75) is 33.1 Å². The molecule has 1 unspecified atom stereocenters. The molecular formula is C12H14F2O. The van der Waals surface area contributed by atoms with E-state index in [0.717, 1.165) is 12.1 Å². The third kappa shape index (κ3) is 2.41.